The lowest BCUT2D eigenvalue weighted by Gasteiger charge is -2.33. The van der Waals surface area contributed by atoms with Gasteiger partial charge in [-0.2, -0.15) is 4.98 Å². The van der Waals surface area contributed by atoms with Gasteiger partial charge in [0, 0.05) is 31.3 Å². The smallest absolute Gasteiger partial charge is 0.324 e. The Morgan fingerprint density at radius 3 is 2.74 bits per heavy atom. The zero-order chi connectivity index (χ0) is 24.4. The molecule has 0 spiro atoms. The van der Waals surface area contributed by atoms with Gasteiger partial charge in [-0.25, -0.2) is 14.2 Å². The van der Waals surface area contributed by atoms with Crippen molar-refractivity contribution in [3.05, 3.63) is 42.0 Å². The first-order valence-corrected chi connectivity index (χ1v) is 13.6. The predicted octanol–water partition coefficient (Wildman–Crippen LogP) is 4.10. The third-order valence-corrected chi connectivity index (χ3v) is 7.56. The molecule has 1 fully saturated rings. The summed E-state index contributed by atoms with van der Waals surface area (Å²) in [6.07, 6.45) is 4.41. The average Bonchev–Trinajstić information content (AvgIpc) is 3.50. The van der Waals surface area contributed by atoms with Crippen molar-refractivity contribution < 1.29 is 18.0 Å². The standard InChI is InChI=1S/C23H26N6O4S2/c1-3-20-27-22(33-28-20)29-10-8-15(9-11-29)14(2)32-23-26-19-7-6-18(25-21(19)34-23)16-4-5-17(24-12-16)13-35(30)31/h4-7,12,14-15H,3,8-11,13H2,1-2H3,(H,30,31). The van der Waals surface area contributed by atoms with E-state index in [1.54, 1.807) is 12.3 Å². The molecular weight excluding hydrogens is 488 g/mol. The zero-order valence-corrected chi connectivity index (χ0v) is 21.1. The number of pyridine rings is 2. The molecule has 4 aromatic heterocycles. The molecule has 10 nitrogen and oxygen atoms in total. The van der Waals surface area contributed by atoms with E-state index < -0.39 is 11.1 Å². The third-order valence-electron chi connectivity index (χ3n) is 6.16. The minimum absolute atomic E-state index is 0.0101. The Morgan fingerprint density at radius 1 is 1.23 bits per heavy atom. The molecule has 1 N–H and O–H groups in total. The molecule has 184 valence electrons. The number of aryl methyl sites for hydroxylation is 1. The van der Waals surface area contributed by atoms with Gasteiger partial charge >= 0.3 is 6.01 Å². The lowest BCUT2D eigenvalue weighted by Crippen LogP contribution is -2.38. The van der Waals surface area contributed by atoms with Crippen molar-refractivity contribution in [2.75, 3.05) is 18.0 Å². The van der Waals surface area contributed by atoms with Gasteiger partial charge in [-0.3, -0.25) is 4.98 Å². The highest BCUT2D eigenvalue weighted by Crippen LogP contribution is 2.32. The highest BCUT2D eigenvalue weighted by Gasteiger charge is 2.28. The monoisotopic (exact) mass is 514 g/mol. The summed E-state index contributed by atoms with van der Waals surface area (Å²) in [7, 11) is 0. The third kappa shape index (κ3) is 5.49. The van der Waals surface area contributed by atoms with Gasteiger partial charge in [-0.1, -0.05) is 23.4 Å². The van der Waals surface area contributed by atoms with Crippen molar-refractivity contribution in [2.45, 2.75) is 45.0 Å². The molecule has 2 unspecified atom stereocenters. The first-order chi connectivity index (χ1) is 17.0. The van der Waals surface area contributed by atoms with Gasteiger partial charge in [0.2, 0.25) is 0 Å². The second kappa shape index (κ2) is 10.3. The van der Waals surface area contributed by atoms with E-state index in [1.807, 2.05) is 25.1 Å². The Morgan fingerprint density at radius 2 is 2.06 bits per heavy atom. The number of hydrogen-bond acceptors (Lipinski definition) is 10. The summed E-state index contributed by atoms with van der Waals surface area (Å²) in [5, 5.41) is 4.60. The minimum atomic E-state index is -1.91. The van der Waals surface area contributed by atoms with E-state index in [-0.39, 0.29) is 11.9 Å². The maximum Gasteiger partial charge on any atom is 0.324 e. The molecule has 0 aromatic carbocycles. The highest BCUT2D eigenvalue weighted by molar-refractivity contribution is 7.78. The Bertz CT molecular complexity index is 1320. The van der Waals surface area contributed by atoms with Crippen molar-refractivity contribution >= 4 is 38.8 Å². The average molecular weight is 515 g/mol. The summed E-state index contributed by atoms with van der Waals surface area (Å²) < 4.78 is 31.6. The molecule has 35 heavy (non-hydrogen) atoms. The molecule has 0 saturated carbocycles. The minimum Gasteiger partial charge on any atom is -0.467 e. The lowest BCUT2D eigenvalue weighted by molar-refractivity contribution is 0.131. The maximum atomic E-state index is 11.0. The second-order valence-corrected chi connectivity index (χ2v) is 10.4. The fourth-order valence-corrected chi connectivity index (χ4v) is 5.42. The number of hydrogen-bond donors (Lipinski definition) is 1. The Labute approximate surface area is 209 Å². The van der Waals surface area contributed by atoms with Crippen LogP contribution in [-0.4, -0.2) is 53.0 Å². The van der Waals surface area contributed by atoms with E-state index in [4.69, 9.17) is 18.8 Å². The molecule has 2 atom stereocenters. The Hall–Kier alpha value is -2.96. The lowest BCUT2D eigenvalue weighted by atomic mass is 9.92. The van der Waals surface area contributed by atoms with Crippen LogP contribution in [0.5, 0.6) is 5.19 Å². The number of fused-ring (bicyclic) bond motifs is 1. The van der Waals surface area contributed by atoms with Crippen LogP contribution in [0, 0.1) is 5.92 Å². The molecule has 1 saturated heterocycles. The summed E-state index contributed by atoms with van der Waals surface area (Å²) in [5.74, 6) is 1.16. The molecule has 5 heterocycles. The molecule has 5 rings (SSSR count). The van der Waals surface area contributed by atoms with Gasteiger partial charge in [0.1, 0.15) is 16.5 Å². The van der Waals surface area contributed by atoms with Crippen LogP contribution in [0.4, 0.5) is 6.01 Å². The molecule has 4 aromatic rings. The van der Waals surface area contributed by atoms with Crippen molar-refractivity contribution in [1.29, 1.82) is 0 Å². The van der Waals surface area contributed by atoms with Crippen LogP contribution in [0.1, 0.15) is 38.2 Å². The molecular formula is C23H26N6O4S2. The Balaban J connectivity index is 1.21. The summed E-state index contributed by atoms with van der Waals surface area (Å²) in [6, 6.07) is 8.02. The first kappa shape index (κ1) is 23.8. The number of anilines is 1. The largest absolute Gasteiger partial charge is 0.467 e. The van der Waals surface area contributed by atoms with E-state index in [1.165, 1.54) is 11.3 Å². The first-order valence-electron chi connectivity index (χ1n) is 11.5. The van der Waals surface area contributed by atoms with E-state index >= 15 is 0 Å². The maximum absolute atomic E-state index is 11.0. The molecule has 0 bridgehead atoms. The summed E-state index contributed by atoms with van der Waals surface area (Å²) in [5.41, 5.74) is 2.96. The summed E-state index contributed by atoms with van der Waals surface area (Å²) in [6.45, 7) is 5.82. The topological polar surface area (TPSA) is 127 Å². The summed E-state index contributed by atoms with van der Waals surface area (Å²) in [4.78, 5) is 21.0. The fourth-order valence-electron chi connectivity index (χ4n) is 4.13. The van der Waals surface area contributed by atoms with Crippen molar-refractivity contribution in [2.24, 2.45) is 5.92 Å². The van der Waals surface area contributed by atoms with Crippen LogP contribution >= 0.6 is 11.3 Å². The van der Waals surface area contributed by atoms with Crippen molar-refractivity contribution in [3.8, 4) is 16.5 Å². The Kier molecular flexibility index (Phi) is 7.02. The molecule has 12 heteroatoms. The van der Waals surface area contributed by atoms with Crippen LogP contribution in [0.25, 0.3) is 21.6 Å². The predicted molar refractivity (Wildman–Crippen MR) is 134 cm³/mol. The SMILES string of the molecule is CCc1noc(N2CCC(C(C)Oc3nc4ccc(-c5ccc(CS(=O)O)nc5)nc4s3)CC2)n1. The fraction of sp³-hybridized carbons (Fsp3) is 0.435. The molecule has 1 aliphatic rings. The van der Waals surface area contributed by atoms with Gasteiger partial charge in [-0.15, -0.1) is 0 Å². The van der Waals surface area contributed by atoms with Crippen LogP contribution in [0.2, 0.25) is 0 Å². The second-order valence-electron chi connectivity index (χ2n) is 8.50. The van der Waals surface area contributed by atoms with Crippen molar-refractivity contribution in [1.82, 2.24) is 25.1 Å². The van der Waals surface area contributed by atoms with Crippen LogP contribution < -0.4 is 9.64 Å². The van der Waals surface area contributed by atoms with E-state index in [9.17, 15) is 4.21 Å². The number of thiazole rings is 1. The van der Waals surface area contributed by atoms with E-state index in [0.717, 1.165) is 59.8 Å². The normalized spacial score (nSPS) is 16.5. The summed E-state index contributed by atoms with van der Waals surface area (Å²) >= 11 is -0.481. The molecule has 1 aliphatic heterocycles. The van der Waals surface area contributed by atoms with Gasteiger partial charge in [0.05, 0.1) is 17.1 Å². The number of nitrogens with zero attached hydrogens (tertiary/aromatic N) is 6. The van der Waals surface area contributed by atoms with Crippen LogP contribution in [0.15, 0.2) is 35.0 Å². The number of piperidine rings is 1. The number of aromatic nitrogens is 5. The highest BCUT2D eigenvalue weighted by atomic mass is 32.2. The zero-order valence-electron chi connectivity index (χ0n) is 19.5. The quantitative estimate of drug-likeness (QED) is 0.343. The van der Waals surface area contributed by atoms with E-state index in [0.29, 0.717) is 22.8 Å². The van der Waals surface area contributed by atoms with Gasteiger partial charge in [-0.05, 0) is 49.9 Å². The van der Waals surface area contributed by atoms with Crippen molar-refractivity contribution in [3.63, 3.8) is 0 Å². The molecule has 0 amide bonds. The van der Waals surface area contributed by atoms with Gasteiger partial charge < -0.3 is 18.7 Å². The van der Waals surface area contributed by atoms with Gasteiger partial charge in [0.15, 0.2) is 16.9 Å². The number of ether oxygens (including phenoxy) is 1. The van der Waals surface area contributed by atoms with Crippen LogP contribution in [-0.2, 0) is 23.3 Å². The van der Waals surface area contributed by atoms with Gasteiger partial charge in [0.25, 0.3) is 5.19 Å². The molecule has 0 radical (unpaired) electrons. The molecule has 0 aliphatic carbocycles. The number of rotatable bonds is 8. The van der Waals surface area contributed by atoms with E-state index in [2.05, 4.69) is 31.9 Å². The van der Waals surface area contributed by atoms with Crippen LogP contribution in [0.3, 0.4) is 0 Å².